The van der Waals surface area contributed by atoms with Crippen LogP contribution in [-0.2, 0) is 6.54 Å². The molecule has 0 saturated carbocycles. The number of halogens is 3. The highest BCUT2D eigenvalue weighted by Gasteiger charge is 2.15. The molecule has 0 radical (unpaired) electrons. The molecule has 0 fully saturated rings. The number of carbonyl (C=O) groups excluding carboxylic acids is 1. The molecule has 0 unspecified atom stereocenters. The van der Waals surface area contributed by atoms with Gasteiger partial charge in [-0.3, -0.25) is 14.5 Å². The van der Waals surface area contributed by atoms with Gasteiger partial charge in [0, 0.05) is 23.3 Å². The van der Waals surface area contributed by atoms with E-state index < -0.39 is 18.3 Å². The fourth-order valence-corrected chi connectivity index (χ4v) is 3.00. The third kappa shape index (κ3) is 4.24. The number of ether oxygens (including phenoxy) is 1. The minimum atomic E-state index is -2.90. The molecule has 4 aromatic rings. The highest BCUT2D eigenvalue weighted by Crippen LogP contribution is 2.26. The van der Waals surface area contributed by atoms with E-state index in [0.29, 0.717) is 16.5 Å². The number of fused-ring (bicyclic) bond motifs is 1. The highest BCUT2D eigenvalue weighted by molar-refractivity contribution is 6.07. The molecule has 30 heavy (non-hydrogen) atoms. The minimum absolute atomic E-state index is 0.0476. The average Bonchev–Trinajstić information content (AvgIpc) is 3.06. The monoisotopic (exact) mass is 412 g/mol. The zero-order valence-electron chi connectivity index (χ0n) is 15.4. The lowest BCUT2D eigenvalue weighted by molar-refractivity contribution is -0.0498. The van der Waals surface area contributed by atoms with Crippen molar-refractivity contribution >= 4 is 22.6 Å². The fraction of sp³-hybridized carbons (Fsp3) is 0.0952. The normalized spacial score (nSPS) is 11.1. The van der Waals surface area contributed by atoms with Crippen LogP contribution in [-0.4, -0.2) is 27.3 Å². The van der Waals surface area contributed by atoms with Crippen LogP contribution in [0.2, 0.25) is 0 Å². The predicted octanol–water partition coefficient (Wildman–Crippen LogP) is 4.47. The number of nitrogens with one attached hydrogen (secondary N) is 1. The van der Waals surface area contributed by atoms with Crippen molar-refractivity contribution in [1.29, 1.82) is 0 Å². The fourth-order valence-electron chi connectivity index (χ4n) is 3.00. The van der Waals surface area contributed by atoms with Gasteiger partial charge in [0.1, 0.15) is 11.6 Å². The van der Waals surface area contributed by atoms with Crippen molar-refractivity contribution in [2.75, 3.05) is 5.32 Å². The third-order valence-corrected chi connectivity index (χ3v) is 4.37. The Morgan fingerprint density at radius 1 is 1.07 bits per heavy atom. The van der Waals surface area contributed by atoms with Gasteiger partial charge in [-0.15, -0.1) is 0 Å². The number of hydrogen-bond donors (Lipinski definition) is 1. The maximum Gasteiger partial charge on any atom is 0.387 e. The first-order valence-corrected chi connectivity index (χ1v) is 8.91. The van der Waals surface area contributed by atoms with Crippen molar-refractivity contribution in [3.8, 4) is 5.75 Å². The number of benzene rings is 2. The van der Waals surface area contributed by atoms with Crippen molar-refractivity contribution in [1.82, 2.24) is 14.8 Å². The topological polar surface area (TPSA) is 69.0 Å². The second kappa shape index (κ2) is 8.24. The molecule has 0 aliphatic rings. The summed E-state index contributed by atoms with van der Waals surface area (Å²) in [6.07, 6.45) is 2.99. The summed E-state index contributed by atoms with van der Waals surface area (Å²) in [5.74, 6) is -0.605. The second-order valence-electron chi connectivity index (χ2n) is 6.38. The van der Waals surface area contributed by atoms with Gasteiger partial charge < -0.3 is 10.1 Å². The summed E-state index contributed by atoms with van der Waals surface area (Å²) in [4.78, 5) is 16.3. The van der Waals surface area contributed by atoms with Crippen molar-refractivity contribution in [2.45, 2.75) is 13.2 Å². The van der Waals surface area contributed by atoms with Crippen LogP contribution in [0.3, 0.4) is 0 Å². The quantitative estimate of drug-likeness (QED) is 0.507. The van der Waals surface area contributed by atoms with Crippen LogP contribution in [0.4, 0.5) is 19.0 Å². The van der Waals surface area contributed by atoms with Crippen LogP contribution in [0.25, 0.3) is 10.9 Å². The van der Waals surface area contributed by atoms with Gasteiger partial charge in [-0.1, -0.05) is 12.1 Å². The summed E-state index contributed by atoms with van der Waals surface area (Å²) in [6, 6.07) is 13.4. The molecule has 6 nitrogen and oxygen atoms in total. The molecule has 9 heteroatoms. The Labute approximate surface area is 168 Å². The van der Waals surface area contributed by atoms with Gasteiger partial charge in [0.2, 0.25) is 0 Å². The van der Waals surface area contributed by atoms with Gasteiger partial charge in [0.05, 0.1) is 12.1 Å². The van der Waals surface area contributed by atoms with Crippen LogP contribution in [0.15, 0.2) is 67.0 Å². The van der Waals surface area contributed by atoms with Gasteiger partial charge >= 0.3 is 6.61 Å². The van der Waals surface area contributed by atoms with Gasteiger partial charge in [0.25, 0.3) is 5.91 Å². The van der Waals surface area contributed by atoms with E-state index in [1.807, 2.05) is 0 Å². The lowest BCUT2D eigenvalue weighted by atomic mass is 10.2. The number of hydrogen-bond acceptors (Lipinski definition) is 4. The molecule has 0 aliphatic carbocycles. The molecule has 4 rings (SSSR count). The first-order valence-electron chi connectivity index (χ1n) is 8.91. The summed E-state index contributed by atoms with van der Waals surface area (Å²) in [7, 11) is 0. The average molecular weight is 412 g/mol. The molecule has 2 heterocycles. The van der Waals surface area contributed by atoms with E-state index in [-0.39, 0.29) is 18.1 Å². The maximum absolute atomic E-state index is 13.8. The van der Waals surface area contributed by atoms with Gasteiger partial charge in [-0.2, -0.15) is 13.9 Å². The molecule has 0 saturated heterocycles. The van der Waals surface area contributed by atoms with Crippen LogP contribution in [0.5, 0.6) is 5.75 Å². The first-order chi connectivity index (χ1) is 14.5. The number of alkyl halides is 2. The summed E-state index contributed by atoms with van der Waals surface area (Å²) < 4.78 is 44.4. The molecule has 0 bridgehead atoms. The molecule has 1 amide bonds. The number of rotatable bonds is 6. The molecular formula is C21H15F3N4O2. The van der Waals surface area contributed by atoms with E-state index in [4.69, 9.17) is 0 Å². The number of carbonyl (C=O) groups is 1. The van der Waals surface area contributed by atoms with Crippen molar-refractivity contribution in [3.05, 3.63) is 83.9 Å². The zero-order valence-corrected chi connectivity index (χ0v) is 15.4. The number of pyridine rings is 1. The lowest BCUT2D eigenvalue weighted by Gasteiger charge is -2.07. The molecule has 152 valence electrons. The van der Waals surface area contributed by atoms with Crippen LogP contribution in [0.1, 0.15) is 15.9 Å². The number of nitrogens with zero attached hydrogens (tertiary/aromatic N) is 3. The third-order valence-electron chi connectivity index (χ3n) is 4.37. The van der Waals surface area contributed by atoms with E-state index in [1.165, 1.54) is 36.7 Å². The zero-order chi connectivity index (χ0) is 21.1. The molecule has 0 spiro atoms. The molecule has 1 N–H and O–H groups in total. The summed E-state index contributed by atoms with van der Waals surface area (Å²) >= 11 is 0. The van der Waals surface area contributed by atoms with Crippen LogP contribution >= 0.6 is 0 Å². The predicted molar refractivity (Wildman–Crippen MR) is 104 cm³/mol. The van der Waals surface area contributed by atoms with E-state index >= 15 is 0 Å². The van der Waals surface area contributed by atoms with E-state index in [0.717, 1.165) is 5.56 Å². The van der Waals surface area contributed by atoms with Crippen molar-refractivity contribution < 1.29 is 22.7 Å². The molecule has 2 aromatic carbocycles. The van der Waals surface area contributed by atoms with Crippen LogP contribution in [0, 0.1) is 5.82 Å². The van der Waals surface area contributed by atoms with Crippen molar-refractivity contribution in [2.24, 2.45) is 0 Å². The molecule has 2 aromatic heterocycles. The Bertz CT molecular complexity index is 1180. The van der Waals surface area contributed by atoms with Crippen molar-refractivity contribution in [3.63, 3.8) is 0 Å². The van der Waals surface area contributed by atoms with E-state index in [1.54, 1.807) is 35.0 Å². The van der Waals surface area contributed by atoms with Gasteiger partial charge in [-0.25, -0.2) is 4.39 Å². The standard InChI is InChI=1S/C21H15F3N4O2/c22-15-3-6-18-17(11-15)19(26-20(29)14-7-9-25-10-8-14)27-28(18)12-13-1-4-16(5-2-13)30-21(23)24/h1-11,21H,12H2,(H,26,27,29). The first kappa shape index (κ1) is 19.4. The second-order valence-corrected chi connectivity index (χ2v) is 6.38. The van der Waals surface area contributed by atoms with Gasteiger partial charge in [-0.05, 0) is 48.0 Å². The summed E-state index contributed by atoms with van der Waals surface area (Å²) in [6.45, 7) is -2.62. The Morgan fingerprint density at radius 3 is 2.50 bits per heavy atom. The number of anilines is 1. The molecular weight excluding hydrogens is 397 g/mol. The van der Waals surface area contributed by atoms with Crippen LogP contribution < -0.4 is 10.1 Å². The minimum Gasteiger partial charge on any atom is -0.435 e. The summed E-state index contributed by atoms with van der Waals surface area (Å²) in [5, 5.41) is 7.55. The number of aromatic nitrogens is 3. The Balaban J connectivity index is 1.63. The Kier molecular flexibility index (Phi) is 5.34. The van der Waals surface area contributed by atoms with Gasteiger partial charge in [0.15, 0.2) is 5.82 Å². The highest BCUT2D eigenvalue weighted by atomic mass is 19.3. The molecule has 0 aliphatic heterocycles. The molecule has 0 atom stereocenters. The smallest absolute Gasteiger partial charge is 0.387 e. The largest absolute Gasteiger partial charge is 0.435 e. The van der Waals surface area contributed by atoms with E-state index in [2.05, 4.69) is 20.1 Å². The SMILES string of the molecule is O=C(Nc1nn(Cc2ccc(OC(F)F)cc2)c2ccc(F)cc12)c1ccncc1. The van der Waals surface area contributed by atoms with E-state index in [9.17, 15) is 18.0 Å². The summed E-state index contributed by atoms with van der Waals surface area (Å²) in [5.41, 5.74) is 1.76. The maximum atomic E-state index is 13.8. The Morgan fingerprint density at radius 2 is 1.80 bits per heavy atom. The number of amides is 1. The lowest BCUT2D eigenvalue weighted by Crippen LogP contribution is -2.13. The Hall–Kier alpha value is -3.88.